The highest BCUT2D eigenvalue weighted by Gasteiger charge is 2.33. The Balaban J connectivity index is 1.45. The predicted octanol–water partition coefficient (Wildman–Crippen LogP) is 1.12. The highest BCUT2D eigenvalue weighted by atomic mass is 16.5. The van der Waals surface area contributed by atoms with Gasteiger partial charge in [-0.1, -0.05) is 5.16 Å². The fourth-order valence-electron chi connectivity index (χ4n) is 3.35. The Kier molecular flexibility index (Phi) is 4.15. The second-order valence-electron chi connectivity index (χ2n) is 6.83. The van der Waals surface area contributed by atoms with E-state index in [9.17, 15) is 4.79 Å². The molecule has 1 aliphatic heterocycles. The molecule has 0 radical (unpaired) electrons. The molecule has 136 valence electrons. The summed E-state index contributed by atoms with van der Waals surface area (Å²) in [7, 11) is 0. The molecule has 1 aliphatic rings. The maximum atomic E-state index is 12.2. The fourth-order valence-corrected chi connectivity index (χ4v) is 3.35. The van der Waals surface area contributed by atoms with Gasteiger partial charge in [0.15, 0.2) is 12.1 Å². The van der Waals surface area contributed by atoms with Crippen molar-refractivity contribution < 1.29 is 4.52 Å². The highest BCUT2D eigenvalue weighted by molar-refractivity contribution is 5.23. The van der Waals surface area contributed by atoms with Crippen LogP contribution in [0.25, 0.3) is 5.82 Å². The summed E-state index contributed by atoms with van der Waals surface area (Å²) >= 11 is 0. The van der Waals surface area contributed by atoms with Gasteiger partial charge in [-0.3, -0.25) is 9.69 Å². The average Bonchev–Trinajstić information content (AvgIpc) is 3.21. The Morgan fingerprint density at radius 3 is 2.73 bits per heavy atom. The van der Waals surface area contributed by atoms with Gasteiger partial charge in [-0.05, 0) is 32.9 Å². The lowest BCUT2D eigenvalue weighted by Gasteiger charge is -2.41. The van der Waals surface area contributed by atoms with Crippen molar-refractivity contribution in [3.8, 4) is 5.82 Å². The van der Waals surface area contributed by atoms with Crippen molar-refractivity contribution in [1.82, 2.24) is 34.6 Å². The van der Waals surface area contributed by atoms with Crippen LogP contribution in [0.15, 0.2) is 33.8 Å². The Bertz CT molecular complexity index is 954. The molecule has 0 saturated carbocycles. The summed E-state index contributed by atoms with van der Waals surface area (Å²) in [5.41, 5.74) is 1.81. The van der Waals surface area contributed by atoms with Gasteiger partial charge in [0.2, 0.25) is 5.89 Å². The van der Waals surface area contributed by atoms with E-state index in [0.29, 0.717) is 24.2 Å². The molecule has 0 aromatic carbocycles. The first-order valence-corrected chi connectivity index (χ1v) is 8.63. The molecule has 0 aliphatic carbocycles. The molecule has 26 heavy (non-hydrogen) atoms. The number of aryl methyl sites for hydroxylation is 2. The zero-order valence-electron chi connectivity index (χ0n) is 15.0. The summed E-state index contributed by atoms with van der Waals surface area (Å²) in [5, 5.41) is 12.6. The van der Waals surface area contributed by atoms with Crippen molar-refractivity contribution in [3.05, 3.63) is 52.2 Å². The first kappa shape index (κ1) is 16.6. The van der Waals surface area contributed by atoms with Crippen molar-refractivity contribution in [2.75, 3.05) is 13.1 Å². The van der Waals surface area contributed by atoms with Crippen molar-refractivity contribution in [3.63, 3.8) is 0 Å². The van der Waals surface area contributed by atoms with E-state index in [0.717, 1.165) is 24.5 Å². The van der Waals surface area contributed by atoms with Gasteiger partial charge in [0.1, 0.15) is 0 Å². The maximum absolute atomic E-state index is 12.2. The molecule has 1 fully saturated rings. The smallest absolute Gasteiger partial charge is 0.266 e. The third-order valence-electron chi connectivity index (χ3n) is 4.78. The molecule has 0 amide bonds. The number of hydrogen-bond acceptors (Lipinski definition) is 7. The zero-order chi connectivity index (χ0) is 18.3. The van der Waals surface area contributed by atoms with E-state index >= 15 is 0 Å². The van der Waals surface area contributed by atoms with Crippen LogP contribution in [0.3, 0.4) is 0 Å². The molecule has 9 nitrogen and oxygen atoms in total. The maximum Gasteiger partial charge on any atom is 0.266 e. The summed E-state index contributed by atoms with van der Waals surface area (Å²) in [4.78, 5) is 18.5. The second kappa shape index (κ2) is 6.49. The van der Waals surface area contributed by atoms with Crippen LogP contribution < -0.4 is 5.56 Å². The summed E-state index contributed by atoms with van der Waals surface area (Å²) in [6.45, 7) is 8.26. The Morgan fingerprint density at radius 1 is 1.27 bits per heavy atom. The van der Waals surface area contributed by atoms with Gasteiger partial charge >= 0.3 is 0 Å². The number of nitrogens with zero attached hydrogens (tertiary/aromatic N) is 7. The minimum Gasteiger partial charge on any atom is -0.338 e. The molecule has 1 unspecified atom stereocenters. The third kappa shape index (κ3) is 3.05. The Morgan fingerprint density at radius 2 is 2.08 bits per heavy atom. The zero-order valence-corrected chi connectivity index (χ0v) is 15.0. The summed E-state index contributed by atoms with van der Waals surface area (Å²) < 4.78 is 8.42. The third-order valence-corrected chi connectivity index (χ3v) is 4.78. The fraction of sp³-hybridized carbons (Fsp3) is 0.471. The van der Waals surface area contributed by atoms with E-state index in [1.807, 2.05) is 26.8 Å². The first-order valence-electron chi connectivity index (χ1n) is 8.63. The minimum absolute atomic E-state index is 0.0828. The van der Waals surface area contributed by atoms with E-state index in [1.165, 1.54) is 11.0 Å². The topological polar surface area (TPSA) is 94.9 Å². The molecule has 4 rings (SSSR count). The number of likely N-dealkylation sites (tertiary alicyclic amines) is 1. The van der Waals surface area contributed by atoms with Crippen LogP contribution in [0.5, 0.6) is 0 Å². The molecule has 0 N–H and O–H groups in total. The van der Waals surface area contributed by atoms with Crippen LogP contribution in [-0.4, -0.2) is 47.7 Å². The lowest BCUT2D eigenvalue weighted by atomic mass is 9.98. The molecule has 0 spiro atoms. The quantitative estimate of drug-likeness (QED) is 0.677. The first-order chi connectivity index (χ1) is 12.5. The highest BCUT2D eigenvalue weighted by Crippen LogP contribution is 2.27. The van der Waals surface area contributed by atoms with Crippen LogP contribution in [-0.2, 0) is 6.54 Å². The molecular weight excluding hydrogens is 334 g/mol. The number of aromatic nitrogens is 6. The monoisotopic (exact) mass is 355 g/mol. The lowest BCUT2D eigenvalue weighted by Crippen LogP contribution is -2.50. The van der Waals surface area contributed by atoms with Crippen LogP contribution in [0.2, 0.25) is 0 Å². The van der Waals surface area contributed by atoms with Crippen molar-refractivity contribution in [1.29, 1.82) is 0 Å². The predicted molar refractivity (Wildman–Crippen MR) is 92.9 cm³/mol. The molecular formula is C17H21N7O2. The van der Waals surface area contributed by atoms with Gasteiger partial charge in [0.05, 0.1) is 18.3 Å². The molecule has 4 heterocycles. The molecule has 9 heteroatoms. The van der Waals surface area contributed by atoms with E-state index < -0.39 is 0 Å². The van der Waals surface area contributed by atoms with Gasteiger partial charge < -0.3 is 4.52 Å². The standard InChI is InChI=1S/C17H21N7O2/c1-11-6-12(2)24(20-11)15-4-5-16(25)23(21-15)9-14-7-22(8-14)13(3)17-18-10-19-26-17/h4-6,10,13-14H,7-9H2,1-3H3. The van der Waals surface area contributed by atoms with E-state index in [-0.39, 0.29) is 11.6 Å². The molecule has 0 bridgehead atoms. The molecule has 1 atom stereocenters. The summed E-state index contributed by atoms with van der Waals surface area (Å²) in [6, 6.07) is 5.33. The van der Waals surface area contributed by atoms with Crippen molar-refractivity contribution in [2.24, 2.45) is 5.92 Å². The van der Waals surface area contributed by atoms with Crippen LogP contribution >= 0.6 is 0 Å². The largest absolute Gasteiger partial charge is 0.338 e. The van der Waals surface area contributed by atoms with Gasteiger partial charge in [0, 0.05) is 30.8 Å². The van der Waals surface area contributed by atoms with Gasteiger partial charge in [-0.15, -0.1) is 5.10 Å². The van der Waals surface area contributed by atoms with Gasteiger partial charge in [-0.25, -0.2) is 9.36 Å². The normalized spacial score (nSPS) is 16.6. The van der Waals surface area contributed by atoms with Gasteiger partial charge in [0.25, 0.3) is 5.56 Å². The number of rotatable bonds is 5. The summed E-state index contributed by atoms with van der Waals surface area (Å²) in [6.07, 6.45) is 1.41. The molecule has 3 aromatic rings. The van der Waals surface area contributed by atoms with Crippen molar-refractivity contribution >= 4 is 0 Å². The van der Waals surface area contributed by atoms with Crippen LogP contribution in [0, 0.1) is 19.8 Å². The molecule has 1 saturated heterocycles. The lowest BCUT2D eigenvalue weighted by molar-refractivity contribution is 0.0340. The number of hydrogen-bond donors (Lipinski definition) is 0. The average molecular weight is 355 g/mol. The van der Waals surface area contributed by atoms with Gasteiger partial charge in [-0.2, -0.15) is 10.1 Å². The Labute approximate surface area is 150 Å². The Hall–Kier alpha value is -2.81. The van der Waals surface area contributed by atoms with Crippen LogP contribution in [0.4, 0.5) is 0 Å². The van der Waals surface area contributed by atoms with Crippen LogP contribution in [0.1, 0.15) is 30.2 Å². The minimum atomic E-state index is -0.0984. The summed E-state index contributed by atoms with van der Waals surface area (Å²) in [5.74, 6) is 1.64. The second-order valence-corrected chi connectivity index (χ2v) is 6.83. The van der Waals surface area contributed by atoms with E-state index in [4.69, 9.17) is 4.52 Å². The van der Waals surface area contributed by atoms with Crippen molar-refractivity contribution in [2.45, 2.75) is 33.4 Å². The van der Waals surface area contributed by atoms with E-state index in [1.54, 1.807) is 16.8 Å². The SMILES string of the molecule is Cc1cc(C)n(-c2ccc(=O)n(CC3CN(C(C)c4ncno4)C3)n2)n1. The molecule has 3 aromatic heterocycles. The van der Waals surface area contributed by atoms with E-state index in [2.05, 4.69) is 25.2 Å².